The van der Waals surface area contributed by atoms with Gasteiger partial charge in [0.1, 0.15) is 4.88 Å². The van der Waals surface area contributed by atoms with Crippen LogP contribution in [-0.2, 0) is 11.8 Å². The minimum atomic E-state index is -0.417. The second-order valence-electron chi connectivity index (χ2n) is 5.37. The van der Waals surface area contributed by atoms with Crippen LogP contribution in [0.3, 0.4) is 0 Å². The van der Waals surface area contributed by atoms with Gasteiger partial charge in [0.15, 0.2) is 0 Å². The molecule has 24 heavy (non-hydrogen) atoms. The fraction of sp³-hybridized carbons (Fsp3) is 0.353. The zero-order valence-electron chi connectivity index (χ0n) is 13.9. The van der Waals surface area contributed by atoms with E-state index in [4.69, 9.17) is 4.74 Å². The summed E-state index contributed by atoms with van der Waals surface area (Å²) in [6.45, 7) is 4.11. The summed E-state index contributed by atoms with van der Waals surface area (Å²) in [5.41, 5.74) is 1.47. The molecule has 0 aliphatic rings. The molecule has 2 aromatic rings. The summed E-state index contributed by atoms with van der Waals surface area (Å²) in [6.07, 6.45) is 1.76. The fourth-order valence-corrected chi connectivity index (χ4v) is 2.91. The van der Waals surface area contributed by atoms with Gasteiger partial charge in [-0.3, -0.25) is 9.59 Å². The van der Waals surface area contributed by atoms with Gasteiger partial charge in [0.2, 0.25) is 0 Å². The van der Waals surface area contributed by atoms with Crippen molar-refractivity contribution in [1.29, 1.82) is 0 Å². The molecule has 0 radical (unpaired) electrons. The maximum Gasteiger partial charge on any atom is 0.338 e. The van der Waals surface area contributed by atoms with E-state index in [1.54, 1.807) is 38.2 Å². The van der Waals surface area contributed by atoms with Gasteiger partial charge in [0.25, 0.3) is 5.91 Å². The Bertz CT molecular complexity index is 807. The van der Waals surface area contributed by atoms with E-state index in [0.717, 1.165) is 24.2 Å². The molecule has 0 atom stereocenters. The minimum absolute atomic E-state index is 0.189. The average Bonchev–Trinajstić information content (AvgIpc) is 2.83. The molecule has 128 valence electrons. The van der Waals surface area contributed by atoms with Crippen molar-refractivity contribution < 1.29 is 14.3 Å². The number of carbonyl (C=O) groups is 2. The number of benzene rings is 1. The second-order valence-corrected chi connectivity index (χ2v) is 6.33. The van der Waals surface area contributed by atoms with Gasteiger partial charge in [-0.25, -0.2) is 4.79 Å². The van der Waals surface area contributed by atoms with Crippen LogP contribution >= 0.6 is 11.3 Å². The fourth-order valence-electron chi connectivity index (χ4n) is 2.03. The van der Waals surface area contributed by atoms with Crippen molar-refractivity contribution in [2.45, 2.75) is 26.7 Å². The SMILES string of the molecule is CCCCOC(=O)c1cccc(NC(=O)c2sc(=O)n(C)c2C)c1. The number of ether oxygens (including phenoxy) is 1. The van der Waals surface area contributed by atoms with Gasteiger partial charge in [0.05, 0.1) is 12.2 Å². The van der Waals surface area contributed by atoms with E-state index in [0.29, 0.717) is 28.4 Å². The Morgan fingerprint density at radius 2 is 2.08 bits per heavy atom. The van der Waals surface area contributed by atoms with Gasteiger partial charge < -0.3 is 14.6 Å². The van der Waals surface area contributed by atoms with Crippen LogP contribution in [0, 0.1) is 6.92 Å². The molecule has 0 unspecified atom stereocenters. The number of rotatable bonds is 6. The van der Waals surface area contributed by atoms with Gasteiger partial charge >= 0.3 is 10.8 Å². The molecule has 0 spiro atoms. The summed E-state index contributed by atoms with van der Waals surface area (Å²) < 4.78 is 6.59. The first-order valence-corrected chi connectivity index (χ1v) is 8.50. The summed E-state index contributed by atoms with van der Waals surface area (Å²) in [4.78, 5) is 36.1. The molecule has 2 rings (SSSR count). The standard InChI is InChI=1S/C17H20N2O4S/c1-4-5-9-23-16(21)12-7-6-8-13(10-12)18-15(20)14-11(2)19(3)17(22)24-14/h6-8,10H,4-5,9H2,1-3H3,(H,18,20). The van der Waals surface area contributed by atoms with E-state index in [9.17, 15) is 14.4 Å². The minimum Gasteiger partial charge on any atom is -0.462 e. The maximum atomic E-state index is 12.3. The monoisotopic (exact) mass is 348 g/mol. The Balaban J connectivity index is 2.11. The molecule has 0 fully saturated rings. The zero-order valence-corrected chi connectivity index (χ0v) is 14.7. The van der Waals surface area contributed by atoms with E-state index in [1.807, 2.05) is 6.92 Å². The first-order valence-electron chi connectivity index (χ1n) is 7.69. The normalized spacial score (nSPS) is 10.5. The zero-order chi connectivity index (χ0) is 17.7. The highest BCUT2D eigenvalue weighted by molar-refractivity contribution is 7.11. The Kier molecular flexibility index (Phi) is 5.92. The Morgan fingerprint density at radius 3 is 2.71 bits per heavy atom. The topological polar surface area (TPSA) is 77.4 Å². The lowest BCUT2D eigenvalue weighted by Crippen LogP contribution is -2.13. The summed E-state index contributed by atoms with van der Waals surface area (Å²) in [6, 6.07) is 6.55. The predicted octanol–water partition coefficient (Wildman–Crippen LogP) is 2.96. The van der Waals surface area contributed by atoms with Crippen LogP contribution in [0.15, 0.2) is 29.1 Å². The van der Waals surface area contributed by atoms with Crippen LogP contribution in [0.5, 0.6) is 0 Å². The molecule has 6 nitrogen and oxygen atoms in total. The number of nitrogens with one attached hydrogen (secondary N) is 1. The molecule has 0 saturated heterocycles. The van der Waals surface area contributed by atoms with Gasteiger partial charge in [-0.2, -0.15) is 0 Å². The smallest absolute Gasteiger partial charge is 0.338 e. The number of amides is 1. The molecule has 7 heteroatoms. The molecule has 1 heterocycles. The van der Waals surface area contributed by atoms with Crippen molar-refractivity contribution in [3.63, 3.8) is 0 Å². The number of esters is 1. The maximum absolute atomic E-state index is 12.3. The first-order chi connectivity index (χ1) is 11.4. The lowest BCUT2D eigenvalue weighted by molar-refractivity contribution is 0.0499. The van der Waals surface area contributed by atoms with Crippen LogP contribution in [0.2, 0.25) is 0 Å². The molecule has 1 aromatic heterocycles. The molecule has 0 bridgehead atoms. The number of carbonyl (C=O) groups excluding carboxylic acids is 2. The third-order valence-corrected chi connectivity index (χ3v) is 4.72. The number of thiazole rings is 1. The number of anilines is 1. The van der Waals surface area contributed by atoms with Crippen molar-refractivity contribution in [3.8, 4) is 0 Å². The van der Waals surface area contributed by atoms with E-state index in [1.165, 1.54) is 4.57 Å². The average molecular weight is 348 g/mol. The molecular weight excluding hydrogens is 328 g/mol. The Morgan fingerprint density at radius 1 is 1.33 bits per heavy atom. The molecule has 1 amide bonds. The molecule has 1 N–H and O–H groups in total. The van der Waals surface area contributed by atoms with E-state index in [-0.39, 0.29) is 10.8 Å². The molecule has 0 saturated carbocycles. The van der Waals surface area contributed by atoms with Crippen molar-refractivity contribution in [2.75, 3.05) is 11.9 Å². The van der Waals surface area contributed by atoms with Crippen LogP contribution in [-0.4, -0.2) is 23.1 Å². The molecular formula is C17H20N2O4S. The predicted molar refractivity (Wildman–Crippen MR) is 93.9 cm³/mol. The number of unbranched alkanes of at least 4 members (excludes halogenated alkanes) is 1. The summed E-state index contributed by atoms with van der Waals surface area (Å²) in [7, 11) is 1.62. The van der Waals surface area contributed by atoms with E-state index >= 15 is 0 Å². The Labute approximate surface area is 144 Å². The lowest BCUT2D eigenvalue weighted by atomic mass is 10.2. The first kappa shape index (κ1) is 17.9. The van der Waals surface area contributed by atoms with Gasteiger partial charge in [-0.05, 0) is 31.5 Å². The number of nitrogens with zero attached hydrogens (tertiary/aromatic N) is 1. The quantitative estimate of drug-likeness (QED) is 0.643. The van der Waals surface area contributed by atoms with Crippen LogP contribution in [0.4, 0.5) is 5.69 Å². The third-order valence-electron chi connectivity index (χ3n) is 3.59. The molecule has 1 aromatic carbocycles. The van der Waals surface area contributed by atoms with Crippen molar-refractivity contribution >= 4 is 28.9 Å². The highest BCUT2D eigenvalue weighted by atomic mass is 32.1. The molecule has 0 aliphatic heterocycles. The van der Waals surface area contributed by atoms with Crippen LogP contribution in [0.25, 0.3) is 0 Å². The van der Waals surface area contributed by atoms with Crippen molar-refractivity contribution in [1.82, 2.24) is 4.57 Å². The third kappa shape index (κ3) is 4.11. The summed E-state index contributed by atoms with van der Waals surface area (Å²) in [5.74, 6) is -0.785. The highest BCUT2D eigenvalue weighted by Gasteiger charge is 2.16. The second kappa shape index (κ2) is 7.92. The van der Waals surface area contributed by atoms with Crippen molar-refractivity contribution in [2.24, 2.45) is 7.05 Å². The summed E-state index contributed by atoms with van der Waals surface area (Å²) >= 11 is 0.896. The van der Waals surface area contributed by atoms with E-state index < -0.39 is 5.97 Å². The molecule has 0 aliphatic carbocycles. The van der Waals surface area contributed by atoms with Gasteiger partial charge in [-0.15, -0.1) is 0 Å². The number of hydrogen-bond acceptors (Lipinski definition) is 5. The Hall–Kier alpha value is -2.41. The summed E-state index contributed by atoms with van der Waals surface area (Å²) in [5, 5.41) is 2.71. The lowest BCUT2D eigenvalue weighted by Gasteiger charge is -2.07. The van der Waals surface area contributed by atoms with Gasteiger partial charge in [-0.1, -0.05) is 30.7 Å². The number of hydrogen-bond donors (Lipinski definition) is 1. The van der Waals surface area contributed by atoms with Crippen molar-refractivity contribution in [3.05, 3.63) is 50.1 Å². The largest absolute Gasteiger partial charge is 0.462 e. The van der Waals surface area contributed by atoms with Crippen LogP contribution in [0.1, 0.15) is 45.5 Å². The van der Waals surface area contributed by atoms with Gasteiger partial charge in [0, 0.05) is 18.4 Å². The van der Waals surface area contributed by atoms with E-state index in [2.05, 4.69) is 5.32 Å². The highest BCUT2D eigenvalue weighted by Crippen LogP contribution is 2.16. The number of aromatic nitrogens is 1. The van der Waals surface area contributed by atoms with Crippen LogP contribution < -0.4 is 10.2 Å².